The Bertz CT molecular complexity index is 1160. The molecule has 0 bridgehead atoms. The number of benzene rings is 2. The molecule has 8 nitrogen and oxygen atoms in total. The summed E-state index contributed by atoms with van der Waals surface area (Å²) in [4.78, 5) is 14.7. The summed E-state index contributed by atoms with van der Waals surface area (Å²) in [6.07, 6.45) is 3.15. The van der Waals surface area contributed by atoms with Gasteiger partial charge >= 0.3 is 5.97 Å². The van der Waals surface area contributed by atoms with E-state index in [1.807, 2.05) is 18.2 Å². The number of aromatic carboxylic acids is 1. The van der Waals surface area contributed by atoms with Crippen LogP contribution in [0.15, 0.2) is 36.4 Å². The highest BCUT2D eigenvalue weighted by molar-refractivity contribution is 7.74. The molecule has 3 aliphatic rings. The van der Waals surface area contributed by atoms with Crippen LogP contribution in [-0.2, 0) is 10.9 Å². The van der Waals surface area contributed by atoms with Gasteiger partial charge in [0.25, 0.3) is 0 Å². The second kappa shape index (κ2) is 9.46. The van der Waals surface area contributed by atoms with E-state index in [0.717, 1.165) is 42.3 Å². The summed E-state index contributed by atoms with van der Waals surface area (Å²) >= 11 is 0. The number of ether oxygens (including phenoxy) is 1. The van der Waals surface area contributed by atoms with E-state index in [1.54, 1.807) is 18.2 Å². The molecule has 182 valence electrons. The van der Waals surface area contributed by atoms with Crippen LogP contribution >= 0.6 is 0 Å². The summed E-state index contributed by atoms with van der Waals surface area (Å²) in [5, 5.41) is 13.4. The first-order valence-electron chi connectivity index (χ1n) is 12.0. The summed E-state index contributed by atoms with van der Waals surface area (Å²) < 4.78 is 31.9. The summed E-state index contributed by atoms with van der Waals surface area (Å²) in [6, 6.07) is 10.6. The molecule has 2 aromatic carbocycles. The number of thiol groups is 1. The first-order valence-corrected chi connectivity index (χ1v) is 13.1. The SMILES string of the molecule is CCN1CC[C@@H](CCNc2ccccc2N(c2ccc3c(c2C(=O)O)OCC2CC32)[SH](=O)=O)C1. The van der Waals surface area contributed by atoms with Crippen LogP contribution in [0.25, 0.3) is 0 Å². The fourth-order valence-corrected chi connectivity index (χ4v) is 6.08. The molecule has 1 saturated heterocycles. The molecule has 34 heavy (non-hydrogen) atoms. The minimum atomic E-state index is -3.15. The number of nitrogens with zero attached hydrogens (tertiary/aromatic N) is 2. The number of anilines is 3. The van der Waals surface area contributed by atoms with Crippen molar-refractivity contribution in [1.82, 2.24) is 4.90 Å². The lowest BCUT2D eigenvalue weighted by Crippen LogP contribution is -2.22. The highest BCUT2D eigenvalue weighted by atomic mass is 32.2. The minimum Gasteiger partial charge on any atom is -0.492 e. The number of hydrogen-bond acceptors (Lipinski definition) is 6. The zero-order valence-electron chi connectivity index (χ0n) is 19.3. The van der Waals surface area contributed by atoms with Gasteiger partial charge in [-0.15, -0.1) is 0 Å². The maximum absolute atomic E-state index is 12.5. The normalized spacial score (nSPS) is 23.2. The van der Waals surface area contributed by atoms with Crippen LogP contribution in [0.5, 0.6) is 5.75 Å². The van der Waals surface area contributed by atoms with Crippen molar-refractivity contribution in [1.29, 1.82) is 0 Å². The van der Waals surface area contributed by atoms with Crippen LogP contribution in [-0.4, -0.2) is 57.2 Å². The molecule has 2 aliphatic heterocycles. The largest absolute Gasteiger partial charge is 0.492 e. The van der Waals surface area contributed by atoms with E-state index in [2.05, 4.69) is 17.1 Å². The molecule has 5 rings (SSSR count). The van der Waals surface area contributed by atoms with Crippen molar-refractivity contribution in [3.05, 3.63) is 47.5 Å². The Morgan fingerprint density at radius 1 is 1.24 bits per heavy atom. The van der Waals surface area contributed by atoms with Crippen molar-refractivity contribution in [2.45, 2.75) is 32.1 Å². The fourth-order valence-electron chi connectivity index (χ4n) is 5.38. The first-order chi connectivity index (χ1) is 16.5. The molecule has 0 aromatic heterocycles. The molecular formula is C25H31N3O5S. The molecule has 2 fully saturated rings. The van der Waals surface area contributed by atoms with Crippen LogP contribution in [0.1, 0.15) is 48.0 Å². The summed E-state index contributed by atoms with van der Waals surface area (Å²) in [7, 11) is -3.15. The lowest BCUT2D eigenvalue weighted by molar-refractivity contribution is 0.0692. The third-order valence-electron chi connectivity index (χ3n) is 7.35. The molecule has 0 radical (unpaired) electrons. The van der Waals surface area contributed by atoms with E-state index < -0.39 is 16.9 Å². The second-order valence-electron chi connectivity index (χ2n) is 9.43. The van der Waals surface area contributed by atoms with Gasteiger partial charge in [-0.2, -0.15) is 0 Å². The second-order valence-corrected chi connectivity index (χ2v) is 10.3. The van der Waals surface area contributed by atoms with Crippen LogP contribution in [0.3, 0.4) is 0 Å². The fraction of sp³-hybridized carbons (Fsp3) is 0.480. The maximum Gasteiger partial charge on any atom is 0.341 e. The van der Waals surface area contributed by atoms with E-state index in [0.29, 0.717) is 48.0 Å². The van der Waals surface area contributed by atoms with Gasteiger partial charge in [0, 0.05) is 19.0 Å². The van der Waals surface area contributed by atoms with Crippen molar-refractivity contribution in [2.24, 2.45) is 11.8 Å². The molecule has 1 aliphatic carbocycles. The molecule has 2 heterocycles. The van der Waals surface area contributed by atoms with Gasteiger partial charge in [-0.25, -0.2) is 17.5 Å². The maximum atomic E-state index is 12.5. The average Bonchev–Trinajstić information content (AvgIpc) is 3.49. The highest BCUT2D eigenvalue weighted by Crippen LogP contribution is 2.56. The summed E-state index contributed by atoms with van der Waals surface area (Å²) in [6.45, 7) is 6.65. The molecule has 0 amide bonds. The molecule has 2 aromatic rings. The lowest BCUT2D eigenvalue weighted by Gasteiger charge is -2.26. The van der Waals surface area contributed by atoms with Gasteiger partial charge in [-0.1, -0.05) is 25.1 Å². The van der Waals surface area contributed by atoms with E-state index in [1.165, 1.54) is 6.42 Å². The van der Waals surface area contributed by atoms with E-state index in [9.17, 15) is 18.3 Å². The lowest BCUT2D eigenvalue weighted by atomic mass is 10.00. The molecular weight excluding hydrogens is 454 g/mol. The molecule has 3 atom stereocenters. The van der Waals surface area contributed by atoms with Crippen LogP contribution in [0.2, 0.25) is 0 Å². The van der Waals surface area contributed by atoms with E-state index >= 15 is 0 Å². The van der Waals surface area contributed by atoms with Crippen LogP contribution in [0, 0.1) is 11.8 Å². The smallest absolute Gasteiger partial charge is 0.341 e. The van der Waals surface area contributed by atoms with Gasteiger partial charge in [0.1, 0.15) is 11.3 Å². The Labute approximate surface area is 201 Å². The Balaban J connectivity index is 1.44. The number of para-hydroxylation sites is 2. The molecule has 2 unspecified atom stereocenters. The number of rotatable bonds is 9. The number of nitrogens with one attached hydrogen (secondary N) is 1. The predicted molar refractivity (Wildman–Crippen MR) is 132 cm³/mol. The van der Waals surface area contributed by atoms with Crippen molar-refractivity contribution >= 4 is 33.9 Å². The number of carbonyl (C=O) groups is 1. The molecule has 0 spiro atoms. The summed E-state index contributed by atoms with van der Waals surface area (Å²) in [5.41, 5.74) is 1.93. The van der Waals surface area contributed by atoms with Gasteiger partial charge in [0.05, 0.1) is 23.7 Å². The van der Waals surface area contributed by atoms with Gasteiger partial charge in [0.2, 0.25) is 10.9 Å². The molecule has 9 heteroatoms. The van der Waals surface area contributed by atoms with Crippen molar-refractivity contribution in [3.63, 3.8) is 0 Å². The summed E-state index contributed by atoms with van der Waals surface area (Å²) in [5.74, 6) is 0.465. The highest BCUT2D eigenvalue weighted by Gasteiger charge is 2.45. The zero-order chi connectivity index (χ0) is 23.8. The first kappa shape index (κ1) is 23.0. The number of likely N-dealkylation sites (tertiary alicyclic amines) is 1. The Morgan fingerprint density at radius 2 is 2.06 bits per heavy atom. The molecule has 1 saturated carbocycles. The topological polar surface area (TPSA) is 99.2 Å². The van der Waals surface area contributed by atoms with E-state index in [-0.39, 0.29) is 11.3 Å². The van der Waals surface area contributed by atoms with Gasteiger partial charge in [-0.3, -0.25) is 0 Å². The van der Waals surface area contributed by atoms with Crippen molar-refractivity contribution in [2.75, 3.05) is 42.4 Å². The van der Waals surface area contributed by atoms with Gasteiger partial charge in [0.15, 0.2) is 0 Å². The third kappa shape index (κ3) is 4.34. The van der Waals surface area contributed by atoms with Crippen LogP contribution in [0.4, 0.5) is 17.1 Å². The quantitative estimate of drug-likeness (QED) is 0.466. The Hall–Kier alpha value is -2.78. The number of carboxylic acids is 1. The number of carboxylic acid groups (broad SMARTS) is 1. The Kier molecular flexibility index (Phi) is 6.40. The zero-order valence-corrected chi connectivity index (χ0v) is 20.2. The van der Waals surface area contributed by atoms with E-state index in [4.69, 9.17) is 4.74 Å². The number of fused-ring (bicyclic) bond motifs is 3. The molecule has 2 N–H and O–H groups in total. The van der Waals surface area contributed by atoms with Gasteiger partial charge in [-0.05, 0) is 68.0 Å². The standard InChI is InChI=1S/C25H31N3O5S/c1-2-27-12-10-16(14-27)9-11-26-20-5-3-4-6-21(20)28(34(31)32)22-8-7-18-19-13-17(19)15-33-24(18)23(22)25(29)30/h3-8,16-17,19,26,34H,2,9-15H2,1H3,(H,29,30)/t16-,17?,19?/m1/s1. The monoisotopic (exact) mass is 485 g/mol. The third-order valence-corrected chi connectivity index (χ3v) is 8.11. The minimum absolute atomic E-state index is 0.0949. The average molecular weight is 486 g/mol. The number of hydrogen-bond donors (Lipinski definition) is 3. The predicted octanol–water partition coefficient (Wildman–Crippen LogP) is 3.69. The van der Waals surface area contributed by atoms with Crippen molar-refractivity contribution < 1.29 is 23.1 Å². The van der Waals surface area contributed by atoms with Crippen LogP contribution < -0.4 is 14.4 Å². The van der Waals surface area contributed by atoms with Gasteiger partial charge < -0.3 is 20.1 Å². The Morgan fingerprint density at radius 3 is 2.79 bits per heavy atom. The van der Waals surface area contributed by atoms with Crippen molar-refractivity contribution in [3.8, 4) is 5.75 Å².